The highest BCUT2D eigenvalue weighted by Gasteiger charge is 2.23. The summed E-state index contributed by atoms with van der Waals surface area (Å²) in [7, 11) is 0. The molecule has 0 rings (SSSR count). The Balaban J connectivity index is 3.65. The maximum absolute atomic E-state index is 11.6. The topological polar surface area (TPSA) is 35.5 Å². The average Bonchev–Trinajstić information content (AvgIpc) is 2.37. The lowest BCUT2D eigenvalue weighted by Gasteiger charge is -2.24. The molecule has 0 amide bonds. The second-order valence-corrected chi connectivity index (χ2v) is 7.01. The van der Waals surface area contributed by atoms with Crippen molar-refractivity contribution in [3.63, 3.8) is 0 Å². The summed E-state index contributed by atoms with van der Waals surface area (Å²) in [5.74, 6) is 0.712. The van der Waals surface area contributed by atoms with Crippen LogP contribution in [0.15, 0.2) is 0 Å². The number of unbranched alkanes of at least 4 members (excludes halogenated alkanes) is 5. The van der Waals surface area contributed by atoms with Crippen molar-refractivity contribution >= 4 is 6.16 Å². The van der Waals surface area contributed by atoms with Gasteiger partial charge in [0, 0.05) is 0 Å². The quantitative estimate of drug-likeness (QED) is 0.322. The van der Waals surface area contributed by atoms with Crippen molar-refractivity contribution in [2.75, 3.05) is 6.61 Å². The summed E-state index contributed by atoms with van der Waals surface area (Å²) in [6.07, 6.45) is 9.73. The van der Waals surface area contributed by atoms with Gasteiger partial charge in [0.15, 0.2) is 0 Å². The number of carbonyl (C=O) groups is 1. The van der Waals surface area contributed by atoms with Gasteiger partial charge in [0.05, 0.1) is 6.61 Å². The van der Waals surface area contributed by atoms with E-state index in [0.29, 0.717) is 12.5 Å². The van der Waals surface area contributed by atoms with Gasteiger partial charge in [-0.3, -0.25) is 0 Å². The third-order valence-corrected chi connectivity index (χ3v) is 3.64. The lowest BCUT2D eigenvalue weighted by atomic mass is 10.00. The minimum Gasteiger partial charge on any atom is -0.434 e. The van der Waals surface area contributed by atoms with E-state index in [0.717, 1.165) is 25.7 Å². The van der Waals surface area contributed by atoms with Crippen molar-refractivity contribution in [2.45, 2.75) is 98.0 Å². The normalized spacial score (nSPS) is 11.7. The molecule has 0 spiro atoms. The van der Waals surface area contributed by atoms with Crippen molar-refractivity contribution in [2.24, 2.45) is 5.92 Å². The lowest BCUT2D eigenvalue weighted by Crippen LogP contribution is -2.28. The van der Waals surface area contributed by atoms with E-state index in [-0.39, 0.29) is 0 Å². The highest BCUT2D eigenvalue weighted by atomic mass is 16.7. The van der Waals surface area contributed by atoms with Crippen molar-refractivity contribution in [3.05, 3.63) is 0 Å². The molecule has 0 atom stereocenters. The highest BCUT2D eigenvalue weighted by Crippen LogP contribution is 2.20. The van der Waals surface area contributed by atoms with Crippen molar-refractivity contribution in [1.82, 2.24) is 0 Å². The van der Waals surface area contributed by atoms with Gasteiger partial charge in [-0.1, -0.05) is 52.9 Å². The van der Waals surface area contributed by atoms with Crippen LogP contribution in [0.1, 0.15) is 92.4 Å². The number of carbonyl (C=O) groups excluding carboxylic acids is 1. The van der Waals surface area contributed by atoms with Gasteiger partial charge in [-0.2, -0.15) is 0 Å². The first kappa shape index (κ1) is 20.3. The Hall–Kier alpha value is -0.730. The summed E-state index contributed by atoms with van der Waals surface area (Å²) in [6, 6.07) is 0. The molecule has 3 heteroatoms. The van der Waals surface area contributed by atoms with Gasteiger partial charge >= 0.3 is 6.16 Å². The molecule has 0 bridgehead atoms. The van der Waals surface area contributed by atoms with E-state index >= 15 is 0 Å². The van der Waals surface area contributed by atoms with Gasteiger partial charge in [0.2, 0.25) is 0 Å². The van der Waals surface area contributed by atoms with Crippen LogP contribution in [0.25, 0.3) is 0 Å². The van der Waals surface area contributed by atoms with Crippen LogP contribution in [0.4, 0.5) is 4.79 Å². The first-order valence-electron chi connectivity index (χ1n) is 8.73. The molecular weight excluding hydrogens is 264 g/mol. The Morgan fingerprint density at radius 1 is 1.00 bits per heavy atom. The van der Waals surface area contributed by atoms with Crippen molar-refractivity contribution in [1.29, 1.82) is 0 Å². The van der Waals surface area contributed by atoms with Crippen LogP contribution in [0.5, 0.6) is 0 Å². The Bertz CT molecular complexity index is 259. The highest BCUT2D eigenvalue weighted by molar-refractivity contribution is 5.60. The summed E-state index contributed by atoms with van der Waals surface area (Å²) in [5, 5.41) is 0. The summed E-state index contributed by atoms with van der Waals surface area (Å²) in [5.41, 5.74) is -0.415. The predicted molar refractivity (Wildman–Crippen MR) is 88.6 cm³/mol. The smallest absolute Gasteiger partial charge is 0.434 e. The summed E-state index contributed by atoms with van der Waals surface area (Å²) in [4.78, 5) is 11.6. The molecular formula is C18H36O3. The van der Waals surface area contributed by atoms with Gasteiger partial charge in [-0.05, 0) is 45.4 Å². The maximum Gasteiger partial charge on any atom is 0.508 e. The largest absolute Gasteiger partial charge is 0.508 e. The fourth-order valence-corrected chi connectivity index (χ4v) is 2.27. The molecule has 0 aliphatic heterocycles. The van der Waals surface area contributed by atoms with Crippen molar-refractivity contribution < 1.29 is 14.3 Å². The Morgan fingerprint density at radius 2 is 1.67 bits per heavy atom. The van der Waals surface area contributed by atoms with Crippen LogP contribution < -0.4 is 0 Å². The molecule has 0 aromatic rings. The van der Waals surface area contributed by atoms with Crippen LogP contribution in [-0.2, 0) is 9.47 Å². The summed E-state index contributed by atoms with van der Waals surface area (Å²) in [6.45, 7) is 11.0. The third kappa shape index (κ3) is 14.0. The van der Waals surface area contributed by atoms with Gasteiger partial charge in [-0.25, -0.2) is 4.79 Å². The van der Waals surface area contributed by atoms with Gasteiger partial charge in [0.25, 0.3) is 0 Å². The third-order valence-electron chi connectivity index (χ3n) is 3.64. The van der Waals surface area contributed by atoms with Gasteiger partial charge < -0.3 is 9.47 Å². The van der Waals surface area contributed by atoms with Gasteiger partial charge in [-0.15, -0.1) is 0 Å². The molecule has 0 radical (unpaired) electrons. The van der Waals surface area contributed by atoms with E-state index in [1.807, 2.05) is 13.8 Å². The maximum atomic E-state index is 11.6. The van der Waals surface area contributed by atoms with E-state index in [9.17, 15) is 4.79 Å². The molecule has 0 heterocycles. The Kier molecular flexibility index (Phi) is 11.5. The number of rotatable bonds is 12. The number of hydrogen-bond donors (Lipinski definition) is 0. The second kappa shape index (κ2) is 11.9. The van der Waals surface area contributed by atoms with E-state index in [4.69, 9.17) is 9.47 Å². The lowest BCUT2D eigenvalue weighted by molar-refractivity contribution is -0.0219. The van der Waals surface area contributed by atoms with E-state index in [1.165, 1.54) is 32.1 Å². The molecule has 3 nitrogen and oxygen atoms in total. The first-order chi connectivity index (χ1) is 9.87. The minimum atomic E-state index is -0.516. The molecule has 0 saturated carbocycles. The fourth-order valence-electron chi connectivity index (χ4n) is 2.27. The second-order valence-electron chi connectivity index (χ2n) is 7.01. The van der Waals surface area contributed by atoms with Crippen LogP contribution in [0.2, 0.25) is 0 Å². The SMILES string of the molecule is CCCCCCCC(C)(C)OC(=O)OCCCCC(C)C. The van der Waals surface area contributed by atoms with Crippen LogP contribution in [0, 0.1) is 5.92 Å². The number of ether oxygens (including phenoxy) is 2. The molecule has 0 aromatic heterocycles. The van der Waals surface area contributed by atoms with Crippen molar-refractivity contribution in [3.8, 4) is 0 Å². The molecule has 0 saturated heterocycles. The van der Waals surface area contributed by atoms with Crippen LogP contribution in [0.3, 0.4) is 0 Å². The zero-order chi connectivity index (χ0) is 16.1. The average molecular weight is 300 g/mol. The zero-order valence-electron chi connectivity index (χ0n) is 14.9. The molecule has 0 aliphatic rings. The molecule has 126 valence electrons. The van der Waals surface area contributed by atoms with E-state index in [2.05, 4.69) is 20.8 Å². The summed E-state index contributed by atoms with van der Waals surface area (Å²) >= 11 is 0. The Morgan fingerprint density at radius 3 is 2.29 bits per heavy atom. The van der Waals surface area contributed by atoms with E-state index in [1.54, 1.807) is 0 Å². The first-order valence-corrected chi connectivity index (χ1v) is 8.73. The molecule has 0 N–H and O–H groups in total. The minimum absolute atomic E-state index is 0.415. The molecule has 21 heavy (non-hydrogen) atoms. The molecule has 0 aliphatic carbocycles. The van der Waals surface area contributed by atoms with Crippen LogP contribution in [-0.4, -0.2) is 18.4 Å². The Labute approximate surface area is 131 Å². The number of hydrogen-bond acceptors (Lipinski definition) is 3. The zero-order valence-corrected chi connectivity index (χ0v) is 14.9. The summed E-state index contributed by atoms with van der Waals surface area (Å²) < 4.78 is 10.6. The molecule has 0 aromatic carbocycles. The van der Waals surface area contributed by atoms with E-state index < -0.39 is 11.8 Å². The monoisotopic (exact) mass is 300 g/mol. The molecule has 0 unspecified atom stereocenters. The standard InChI is InChI=1S/C18H36O3/c1-6-7-8-9-11-14-18(4,5)21-17(19)20-15-12-10-13-16(2)3/h16H,6-15H2,1-5H3. The van der Waals surface area contributed by atoms with Gasteiger partial charge in [0.1, 0.15) is 5.60 Å². The fraction of sp³-hybridized carbons (Fsp3) is 0.944. The predicted octanol–water partition coefficient (Wildman–Crippen LogP) is 6.11. The van der Waals surface area contributed by atoms with Crippen LogP contribution >= 0.6 is 0 Å². The molecule has 0 fully saturated rings.